The van der Waals surface area contributed by atoms with Crippen molar-refractivity contribution in [1.82, 2.24) is 55.6 Å². The first kappa shape index (κ1) is 85.1. The predicted octanol–water partition coefficient (Wildman–Crippen LogP) is 2.12. The molecule has 95 heavy (non-hydrogen) atoms. The molecule has 27 nitrogen and oxygen atoms in total. The van der Waals surface area contributed by atoms with Crippen molar-refractivity contribution < 1.29 is 77.2 Å². The van der Waals surface area contributed by atoms with Crippen LogP contribution in [0.25, 0.3) is 0 Å². The zero-order chi connectivity index (χ0) is 73.0. The lowest BCUT2D eigenvalue weighted by molar-refractivity contribution is -0.166. The fourth-order valence-electron chi connectivity index (χ4n) is 12.0. The summed E-state index contributed by atoms with van der Waals surface area (Å²) in [6.45, 7) is 31.0. The van der Waals surface area contributed by atoms with Gasteiger partial charge in [-0.15, -0.1) is 0 Å². The third kappa shape index (κ3) is 25.7. The van der Waals surface area contributed by atoms with Crippen molar-refractivity contribution in [3.63, 3.8) is 0 Å². The van der Waals surface area contributed by atoms with Crippen LogP contribution in [-0.2, 0) is 67.0 Å². The Morgan fingerprint density at radius 1 is 0.505 bits per heavy atom. The third-order valence-electron chi connectivity index (χ3n) is 17.7. The van der Waals surface area contributed by atoms with Crippen LogP contribution in [-0.4, -0.2) is 277 Å². The second-order valence-corrected chi connectivity index (χ2v) is 29.6. The number of aliphatic hydroxyl groups excluding tert-OH is 2. The van der Waals surface area contributed by atoms with Crippen molar-refractivity contribution in [1.29, 1.82) is 0 Å². The molecule has 2 saturated heterocycles. The number of cyclic esters (lactones) is 1. The lowest BCUT2D eigenvalue weighted by Gasteiger charge is -2.40. The molecule has 2 aliphatic rings. The largest absolute Gasteiger partial charge is 0.450 e. The Hall–Kier alpha value is -6.03. The second kappa shape index (κ2) is 39.4. The number of hydrogen-bond donors (Lipinski definition) is 6. The molecule has 2 rings (SSSR count). The maximum atomic E-state index is 15.4. The van der Waals surface area contributed by atoms with Gasteiger partial charge >= 0.3 is 5.97 Å². The molecule has 2 heterocycles. The maximum absolute atomic E-state index is 15.4. The fraction of sp³-hybridized carbons (Fsp3) is 0.838. The molecule has 14 atom stereocenters. The van der Waals surface area contributed by atoms with Gasteiger partial charge in [0.15, 0.2) is 6.10 Å². The van der Waals surface area contributed by atoms with Gasteiger partial charge in [-0.25, -0.2) is 4.79 Å². The topological polar surface area (TPSA) is 327 Å². The minimum atomic E-state index is -1.78. The highest BCUT2D eigenvalue weighted by Gasteiger charge is 2.46. The Morgan fingerprint density at radius 3 is 1.38 bits per heavy atom. The highest BCUT2D eigenvalue weighted by molar-refractivity contribution is 5.99. The van der Waals surface area contributed by atoms with Crippen molar-refractivity contribution >= 4 is 65.0 Å². The maximum Gasteiger partial charge on any atom is 0.329 e. The molecule has 2 fully saturated rings. The molecular weight excluding hydrogens is 1230 g/mol. The van der Waals surface area contributed by atoms with Crippen LogP contribution in [0.3, 0.4) is 0 Å². The number of hydrogen-bond acceptors (Lipinski definition) is 17. The van der Waals surface area contributed by atoms with E-state index < -0.39 is 162 Å². The molecule has 0 aromatic heterocycles. The van der Waals surface area contributed by atoms with Crippen molar-refractivity contribution in [2.45, 2.75) is 235 Å². The number of carbonyl (C=O) groups excluding carboxylic acids is 11. The van der Waals surface area contributed by atoms with Crippen LogP contribution in [0.4, 0.5) is 0 Å². The Labute approximate surface area is 566 Å². The highest BCUT2D eigenvalue weighted by Crippen LogP contribution is 2.25. The molecule has 0 spiro atoms. The molecule has 0 radical (unpaired) electrons. The average molecular weight is 1350 g/mol. The number of likely N-dealkylation sites (N-methyl/N-ethyl adjacent to an activating group) is 7. The quantitative estimate of drug-likeness (QED) is 0.0951. The Bertz CT molecular complexity index is 2540. The molecule has 0 aliphatic carbocycles. The Kier molecular flexibility index (Phi) is 35.3. The van der Waals surface area contributed by atoms with E-state index in [1.807, 2.05) is 81.2 Å². The molecule has 6 N–H and O–H groups in total. The molecule has 0 aromatic carbocycles. The summed E-state index contributed by atoms with van der Waals surface area (Å²) in [5, 5.41) is 34.8. The first-order chi connectivity index (χ1) is 44.0. The predicted molar refractivity (Wildman–Crippen MR) is 360 cm³/mol. The minimum Gasteiger partial charge on any atom is -0.450 e. The number of carbonyl (C=O) groups is 11. The summed E-state index contributed by atoms with van der Waals surface area (Å²) in [5.41, 5.74) is 0. The zero-order valence-electron chi connectivity index (χ0n) is 61.9. The first-order valence-corrected chi connectivity index (χ1v) is 34.2. The van der Waals surface area contributed by atoms with Crippen molar-refractivity contribution in [2.24, 2.45) is 47.3 Å². The van der Waals surface area contributed by atoms with Gasteiger partial charge < -0.3 is 80.0 Å². The van der Waals surface area contributed by atoms with E-state index in [-0.39, 0.29) is 74.2 Å². The summed E-state index contributed by atoms with van der Waals surface area (Å²) in [6.07, 6.45) is -4.16. The van der Waals surface area contributed by atoms with Crippen LogP contribution in [0.15, 0.2) is 0 Å². The number of amides is 10. The minimum absolute atomic E-state index is 0.0698. The van der Waals surface area contributed by atoms with E-state index >= 15 is 14.4 Å². The molecule has 0 saturated carbocycles. The van der Waals surface area contributed by atoms with Crippen molar-refractivity contribution in [3.05, 3.63) is 0 Å². The monoisotopic (exact) mass is 1350 g/mol. The van der Waals surface area contributed by atoms with Gasteiger partial charge in [-0.05, 0) is 113 Å². The first-order valence-electron chi connectivity index (χ1n) is 34.2. The van der Waals surface area contributed by atoms with Gasteiger partial charge in [-0.2, -0.15) is 0 Å². The third-order valence-corrected chi connectivity index (χ3v) is 17.7. The lowest BCUT2D eigenvalue weighted by atomic mass is 9.91. The Morgan fingerprint density at radius 2 is 0.947 bits per heavy atom. The summed E-state index contributed by atoms with van der Waals surface area (Å²) in [7, 11) is 10.0. The van der Waals surface area contributed by atoms with E-state index in [1.165, 1.54) is 70.8 Å². The summed E-state index contributed by atoms with van der Waals surface area (Å²) in [6, 6.07) is -12.4. The smallest absolute Gasteiger partial charge is 0.329 e. The number of aliphatic hydroxyl groups is 2. The second-order valence-electron chi connectivity index (χ2n) is 29.6. The highest BCUT2D eigenvalue weighted by atomic mass is 16.6. The molecule has 1 unspecified atom stereocenters. The zero-order valence-corrected chi connectivity index (χ0v) is 61.9. The van der Waals surface area contributed by atoms with E-state index in [0.29, 0.717) is 32.9 Å². The van der Waals surface area contributed by atoms with E-state index in [4.69, 9.17) is 14.2 Å². The Balaban J connectivity index is 3.02. The molecule has 0 bridgehead atoms. The number of nitrogens with one attached hydrogen (secondary N) is 4. The summed E-state index contributed by atoms with van der Waals surface area (Å²) in [5.74, 6) is -11.7. The normalized spacial score (nSPS) is 27.3. The van der Waals surface area contributed by atoms with Crippen molar-refractivity contribution in [2.75, 3.05) is 88.8 Å². The van der Waals surface area contributed by atoms with Gasteiger partial charge in [0.2, 0.25) is 53.2 Å². The lowest BCUT2D eigenvalue weighted by Crippen LogP contribution is -2.64. The number of ether oxygens (including phenoxy) is 3. The van der Waals surface area contributed by atoms with Gasteiger partial charge in [-0.3, -0.25) is 47.9 Å². The summed E-state index contributed by atoms with van der Waals surface area (Å²) < 4.78 is 17.3. The van der Waals surface area contributed by atoms with Crippen molar-refractivity contribution in [3.8, 4) is 0 Å². The molecular formula is C68H123N11O16. The van der Waals surface area contributed by atoms with E-state index in [1.54, 1.807) is 34.6 Å². The molecule has 0 aromatic rings. The average Bonchev–Trinajstić information content (AvgIpc) is 0.833. The number of nitrogens with zero attached hydrogens (tertiary/aromatic N) is 7. The number of rotatable bonds is 20. The SMILES string of the molecule is CC(C)C[C@@H]1NC(=O)[C@@H](CC(C)C)N(C)C(=O)[C@@H](C(C)C)OC(=O)[C@H](C)NC(=O)[C@H](CC(C)C)N(C)C(=O)[C@H](CC(C)C)NC(=O)[C@H](CC(C)C)N(C)C(=O)CN(C)C(=O)[C@H]([C@@H](C)O)NC(=O)[C@H]([C@H](O)[C@H](C)CCN(C)CC2COCCO2)N(C)C(=O)[C@H](C(C)C)N(C)C1=O. The van der Waals surface area contributed by atoms with Crippen LogP contribution < -0.4 is 21.3 Å². The molecule has 546 valence electrons. The van der Waals surface area contributed by atoms with Gasteiger partial charge in [0.1, 0.15) is 54.4 Å². The van der Waals surface area contributed by atoms with Crippen LogP contribution in [0.5, 0.6) is 0 Å². The van der Waals surface area contributed by atoms with Crippen LogP contribution in [0, 0.1) is 47.3 Å². The van der Waals surface area contributed by atoms with E-state index in [0.717, 1.165) is 14.7 Å². The van der Waals surface area contributed by atoms with Gasteiger partial charge in [-0.1, -0.05) is 104 Å². The molecule has 2 aliphatic heterocycles. The van der Waals surface area contributed by atoms with Gasteiger partial charge in [0, 0.05) is 48.8 Å². The van der Waals surface area contributed by atoms with Crippen LogP contribution in [0.1, 0.15) is 156 Å². The summed E-state index contributed by atoms with van der Waals surface area (Å²) in [4.78, 5) is 171. The molecule has 10 amide bonds. The van der Waals surface area contributed by atoms with E-state index in [9.17, 15) is 48.6 Å². The van der Waals surface area contributed by atoms with E-state index in [2.05, 4.69) is 21.3 Å². The molecule has 27 heteroatoms. The van der Waals surface area contributed by atoms with Crippen LogP contribution >= 0.6 is 0 Å². The fourth-order valence-corrected chi connectivity index (χ4v) is 12.0. The number of esters is 1. The summed E-state index contributed by atoms with van der Waals surface area (Å²) >= 11 is 0. The standard InChI is InChI=1S/C68H123N11O16/c1-37(2)29-48-63(87)76(21)51(32-40(7)8)59(83)69-45(16)68(92)95-58(43(13)14)67(91)77(22)52(33-41(9)10)61(85)71-49(30-38(3)4)64(88)78(23)55(42(11)12)66(90)79(24)56(57(82)44(15)25-26-73(18)34-47-36-93-27-28-94-47)62(86)72-54(46(17)80)65(89)74(19)35-53(81)75(20)50(31-39(5)6)60(84)70-48/h37-52,54-58,80,82H,25-36H2,1-24H3,(H,69,83)(H,70,84)(H,71,85)(H,72,86)/t44-,45+,46-,47?,48+,49+,50+,51+,52-,54+,55+,56+,57-,58-/m1/s1. The van der Waals surface area contributed by atoms with Gasteiger partial charge in [0.25, 0.3) is 5.91 Å². The van der Waals surface area contributed by atoms with Crippen LogP contribution in [0.2, 0.25) is 0 Å². The van der Waals surface area contributed by atoms with Gasteiger partial charge in [0.05, 0.1) is 44.7 Å².